The first-order valence-electron chi connectivity index (χ1n) is 9.53. The highest BCUT2D eigenvalue weighted by atomic mass is 16.5. The van der Waals surface area contributed by atoms with Crippen LogP contribution in [0.5, 0.6) is 0 Å². The Morgan fingerprint density at radius 2 is 1.76 bits per heavy atom. The highest BCUT2D eigenvalue weighted by Gasteiger charge is 2.21. The largest absolute Gasteiger partial charge is 0.378 e. The number of carbonyl (C=O) groups excluding carboxylic acids is 1. The van der Waals surface area contributed by atoms with Crippen molar-refractivity contribution in [3.63, 3.8) is 0 Å². The summed E-state index contributed by atoms with van der Waals surface area (Å²) in [4.78, 5) is 14.4. The zero-order valence-corrected chi connectivity index (χ0v) is 16.7. The van der Waals surface area contributed by atoms with Crippen LogP contribution in [0.25, 0.3) is 0 Å². The quantitative estimate of drug-likeness (QED) is 0.588. The highest BCUT2D eigenvalue weighted by molar-refractivity contribution is 5.75. The maximum absolute atomic E-state index is 12.0. The number of hydrogen-bond donors (Lipinski definition) is 1. The summed E-state index contributed by atoms with van der Waals surface area (Å²) in [5.41, 5.74) is 2.55. The topological polar surface area (TPSA) is 41.6 Å². The Morgan fingerprint density at radius 1 is 1.12 bits per heavy atom. The monoisotopic (exact) mass is 348 g/mol. The first-order chi connectivity index (χ1) is 11.9. The van der Waals surface area contributed by atoms with E-state index >= 15 is 0 Å². The minimum Gasteiger partial charge on any atom is -0.378 e. The molecule has 0 saturated heterocycles. The van der Waals surface area contributed by atoms with Gasteiger partial charge < -0.3 is 15.0 Å². The summed E-state index contributed by atoms with van der Waals surface area (Å²) in [5, 5.41) is 2.95. The second-order valence-corrected chi connectivity index (χ2v) is 7.24. The molecule has 0 atom stereocenters. The van der Waals surface area contributed by atoms with Crippen molar-refractivity contribution in [1.82, 2.24) is 10.2 Å². The molecule has 0 aliphatic rings. The number of rotatable bonds is 12. The van der Waals surface area contributed by atoms with E-state index in [2.05, 4.69) is 69.1 Å². The Labute approximate surface area is 153 Å². The lowest BCUT2D eigenvalue weighted by molar-refractivity contribution is -0.121. The van der Waals surface area contributed by atoms with Crippen LogP contribution in [0.3, 0.4) is 0 Å². The molecule has 0 spiro atoms. The van der Waals surface area contributed by atoms with Gasteiger partial charge in [-0.3, -0.25) is 4.79 Å². The molecule has 142 valence electrons. The van der Waals surface area contributed by atoms with Crippen molar-refractivity contribution >= 4 is 5.91 Å². The Balaban J connectivity index is 2.19. The van der Waals surface area contributed by atoms with Crippen molar-refractivity contribution in [2.24, 2.45) is 0 Å². The van der Waals surface area contributed by atoms with Gasteiger partial charge in [0.15, 0.2) is 0 Å². The normalized spacial score (nSPS) is 11.8. The van der Waals surface area contributed by atoms with E-state index in [1.165, 1.54) is 11.1 Å². The van der Waals surface area contributed by atoms with Gasteiger partial charge in [0, 0.05) is 19.5 Å². The highest BCUT2D eigenvalue weighted by Crippen LogP contribution is 2.28. The summed E-state index contributed by atoms with van der Waals surface area (Å²) in [6, 6.07) is 8.59. The number of aryl methyl sites for hydroxylation is 1. The number of carbonyl (C=O) groups is 1. The molecule has 1 rings (SSSR count). The molecule has 0 aliphatic heterocycles. The summed E-state index contributed by atoms with van der Waals surface area (Å²) in [6.07, 6.45) is 1.38. The van der Waals surface area contributed by atoms with E-state index in [0.29, 0.717) is 19.6 Å². The van der Waals surface area contributed by atoms with Crippen molar-refractivity contribution in [2.75, 3.05) is 39.4 Å². The van der Waals surface area contributed by atoms with E-state index in [0.717, 1.165) is 32.7 Å². The van der Waals surface area contributed by atoms with Gasteiger partial charge in [0.2, 0.25) is 5.91 Å². The second-order valence-electron chi connectivity index (χ2n) is 7.24. The molecular formula is C21H36N2O2. The minimum absolute atomic E-state index is 0.00526. The molecule has 0 unspecified atom stereocenters. The molecule has 1 N–H and O–H groups in total. The van der Waals surface area contributed by atoms with Crippen LogP contribution in [-0.2, 0) is 14.9 Å². The molecule has 4 heteroatoms. The Morgan fingerprint density at radius 3 is 2.36 bits per heavy atom. The summed E-state index contributed by atoms with van der Waals surface area (Å²) < 4.78 is 5.59. The number of likely N-dealkylation sites (N-methyl/N-ethyl adjacent to an activating group) is 1. The molecular weight excluding hydrogens is 312 g/mol. The van der Waals surface area contributed by atoms with E-state index in [4.69, 9.17) is 4.74 Å². The van der Waals surface area contributed by atoms with Gasteiger partial charge in [-0.15, -0.1) is 0 Å². The number of amides is 1. The first kappa shape index (κ1) is 21.7. The predicted molar refractivity (Wildman–Crippen MR) is 105 cm³/mol. The fraction of sp³-hybridized carbons (Fsp3) is 0.667. The lowest BCUT2D eigenvalue weighted by Gasteiger charge is -2.25. The molecule has 0 radical (unpaired) electrons. The molecule has 25 heavy (non-hydrogen) atoms. The zero-order valence-electron chi connectivity index (χ0n) is 16.7. The van der Waals surface area contributed by atoms with Crippen molar-refractivity contribution in [1.29, 1.82) is 0 Å². The molecule has 0 bridgehead atoms. The van der Waals surface area contributed by atoms with Gasteiger partial charge in [0.1, 0.15) is 0 Å². The standard InChI is InChI=1S/C21H36N2O2/c1-6-23(7-2)15-17-25-16-14-22-20(24)12-13-21(4,5)19-10-8-18(3)9-11-19/h8-11H,6-7,12-17H2,1-5H3,(H,22,24). The average molecular weight is 349 g/mol. The number of hydrogen-bond acceptors (Lipinski definition) is 3. The van der Waals surface area contributed by atoms with Gasteiger partial charge in [0.25, 0.3) is 0 Å². The van der Waals surface area contributed by atoms with E-state index in [-0.39, 0.29) is 11.3 Å². The molecule has 1 aromatic rings. The van der Waals surface area contributed by atoms with Crippen LogP contribution in [0, 0.1) is 6.92 Å². The van der Waals surface area contributed by atoms with E-state index in [1.54, 1.807) is 0 Å². The number of ether oxygens (including phenoxy) is 1. The molecule has 0 heterocycles. The van der Waals surface area contributed by atoms with E-state index in [1.807, 2.05) is 0 Å². The van der Waals surface area contributed by atoms with Gasteiger partial charge in [-0.2, -0.15) is 0 Å². The van der Waals surface area contributed by atoms with Crippen LogP contribution in [0.1, 0.15) is 51.7 Å². The predicted octanol–water partition coefficient (Wildman–Crippen LogP) is 3.53. The van der Waals surface area contributed by atoms with Crippen LogP contribution < -0.4 is 5.32 Å². The smallest absolute Gasteiger partial charge is 0.220 e. The molecule has 0 aromatic heterocycles. The van der Waals surface area contributed by atoms with Crippen LogP contribution in [0.2, 0.25) is 0 Å². The van der Waals surface area contributed by atoms with Gasteiger partial charge in [-0.05, 0) is 37.4 Å². The summed E-state index contributed by atoms with van der Waals surface area (Å²) in [6.45, 7) is 15.7. The Hall–Kier alpha value is -1.39. The van der Waals surface area contributed by atoms with E-state index < -0.39 is 0 Å². The van der Waals surface area contributed by atoms with Crippen molar-refractivity contribution in [3.05, 3.63) is 35.4 Å². The second kappa shape index (κ2) is 11.3. The van der Waals surface area contributed by atoms with Crippen LogP contribution in [-0.4, -0.2) is 50.2 Å². The number of nitrogens with zero attached hydrogens (tertiary/aromatic N) is 1. The SMILES string of the molecule is CCN(CC)CCOCCNC(=O)CCC(C)(C)c1ccc(C)cc1. The lowest BCUT2D eigenvalue weighted by Crippen LogP contribution is -2.31. The van der Waals surface area contributed by atoms with Gasteiger partial charge in [0.05, 0.1) is 13.2 Å². The zero-order chi connectivity index (χ0) is 18.7. The lowest BCUT2D eigenvalue weighted by atomic mass is 9.80. The average Bonchev–Trinajstić information content (AvgIpc) is 2.60. The van der Waals surface area contributed by atoms with Crippen molar-refractivity contribution in [3.8, 4) is 0 Å². The number of benzene rings is 1. The maximum atomic E-state index is 12.0. The number of nitrogens with one attached hydrogen (secondary N) is 1. The van der Waals surface area contributed by atoms with Crippen LogP contribution >= 0.6 is 0 Å². The molecule has 0 fully saturated rings. The van der Waals surface area contributed by atoms with Gasteiger partial charge >= 0.3 is 0 Å². The summed E-state index contributed by atoms with van der Waals surface area (Å²) in [5.74, 6) is 0.104. The molecule has 0 saturated carbocycles. The fourth-order valence-corrected chi connectivity index (χ4v) is 2.76. The first-order valence-corrected chi connectivity index (χ1v) is 9.53. The Bertz CT molecular complexity index is 493. The van der Waals surface area contributed by atoms with Crippen molar-refractivity contribution in [2.45, 2.75) is 52.9 Å². The third-order valence-corrected chi connectivity index (χ3v) is 4.82. The van der Waals surface area contributed by atoms with Crippen molar-refractivity contribution < 1.29 is 9.53 Å². The van der Waals surface area contributed by atoms with Gasteiger partial charge in [-0.25, -0.2) is 0 Å². The van der Waals surface area contributed by atoms with Gasteiger partial charge in [-0.1, -0.05) is 57.5 Å². The third kappa shape index (κ3) is 8.50. The van der Waals surface area contributed by atoms with Crippen LogP contribution in [0.4, 0.5) is 0 Å². The summed E-state index contributed by atoms with van der Waals surface area (Å²) in [7, 11) is 0. The van der Waals surface area contributed by atoms with E-state index in [9.17, 15) is 4.79 Å². The van der Waals surface area contributed by atoms with Crippen LogP contribution in [0.15, 0.2) is 24.3 Å². The summed E-state index contributed by atoms with van der Waals surface area (Å²) >= 11 is 0. The minimum atomic E-state index is 0.00526. The molecule has 1 aromatic carbocycles. The fourth-order valence-electron chi connectivity index (χ4n) is 2.76. The maximum Gasteiger partial charge on any atom is 0.220 e. The molecule has 4 nitrogen and oxygen atoms in total. The third-order valence-electron chi connectivity index (χ3n) is 4.82. The molecule has 0 aliphatic carbocycles. The molecule has 1 amide bonds. The Kier molecular flexibility index (Phi) is 9.76.